The maximum absolute atomic E-state index is 9.06. The zero-order valence-electron chi connectivity index (χ0n) is 11.2. The van der Waals surface area contributed by atoms with Gasteiger partial charge in [0.05, 0.1) is 18.9 Å². The Morgan fingerprint density at radius 3 is 2.67 bits per heavy atom. The van der Waals surface area contributed by atoms with Crippen LogP contribution in [0.15, 0.2) is 12.1 Å². The van der Waals surface area contributed by atoms with Crippen molar-refractivity contribution >= 4 is 11.5 Å². The molecule has 0 aliphatic carbocycles. The number of nitrogens with two attached hydrogens (primary N) is 1. The Bertz CT molecular complexity index is 352. The minimum atomic E-state index is 0.108. The summed E-state index contributed by atoms with van der Waals surface area (Å²) in [6.07, 6.45) is 1.91. The summed E-state index contributed by atoms with van der Waals surface area (Å²) in [4.78, 5) is 6.44. The van der Waals surface area contributed by atoms with Crippen LogP contribution < -0.4 is 15.4 Å². The molecule has 3 N–H and O–H groups in total. The lowest BCUT2D eigenvalue weighted by molar-refractivity contribution is 0.299. The van der Waals surface area contributed by atoms with Crippen molar-refractivity contribution in [2.24, 2.45) is 0 Å². The second kappa shape index (κ2) is 7.76. The number of pyridine rings is 1. The molecule has 5 heteroatoms. The van der Waals surface area contributed by atoms with Crippen LogP contribution in [0.4, 0.5) is 11.5 Å². The van der Waals surface area contributed by atoms with Crippen LogP contribution in [0.5, 0.6) is 5.88 Å². The van der Waals surface area contributed by atoms with E-state index in [-0.39, 0.29) is 6.61 Å². The third-order valence-electron chi connectivity index (χ3n) is 2.51. The van der Waals surface area contributed by atoms with Gasteiger partial charge in [-0.15, -0.1) is 0 Å². The van der Waals surface area contributed by atoms with Crippen molar-refractivity contribution in [1.82, 2.24) is 4.98 Å². The average Bonchev–Trinajstić information content (AvgIpc) is 2.38. The van der Waals surface area contributed by atoms with Crippen LogP contribution in [0.3, 0.4) is 0 Å². The number of aliphatic hydroxyl groups is 1. The highest BCUT2D eigenvalue weighted by Crippen LogP contribution is 2.23. The van der Waals surface area contributed by atoms with E-state index < -0.39 is 0 Å². The molecular formula is C13H23N3O2. The number of hydrogen-bond donors (Lipinski definition) is 2. The molecule has 0 aliphatic rings. The first kappa shape index (κ1) is 14.6. The third-order valence-corrected chi connectivity index (χ3v) is 2.51. The average molecular weight is 253 g/mol. The smallest absolute Gasteiger partial charge is 0.239 e. The van der Waals surface area contributed by atoms with Gasteiger partial charge in [-0.05, 0) is 25.0 Å². The van der Waals surface area contributed by atoms with Gasteiger partial charge < -0.3 is 20.5 Å². The van der Waals surface area contributed by atoms with Crippen LogP contribution in [-0.2, 0) is 0 Å². The summed E-state index contributed by atoms with van der Waals surface area (Å²) in [6.45, 7) is 6.26. The van der Waals surface area contributed by atoms with Crippen molar-refractivity contribution in [1.29, 1.82) is 0 Å². The highest BCUT2D eigenvalue weighted by atomic mass is 16.5. The van der Waals surface area contributed by atoms with Gasteiger partial charge >= 0.3 is 0 Å². The van der Waals surface area contributed by atoms with Crippen molar-refractivity contribution < 1.29 is 9.84 Å². The van der Waals surface area contributed by atoms with E-state index in [0.29, 0.717) is 24.7 Å². The van der Waals surface area contributed by atoms with Crippen LogP contribution in [0.1, 0.15) is 26.7 Å². The molecule has 0 bridgehead atoms. The molecule has 0 aromatic carbocycles. The second-order valence-corrected chi connectivity index (χ2v) is 4.12. The lowest BCUT2D eigenvalue weighted by atomic mass is 10.3. The molecule has 0 unspecified atom stereocenters. The molecule has 1 heterocycles. The SMILES string of the molecule is CCCOc1nc(N(CCC)CCO)ccc1N. The van der Waals surface area contributed by atoms with Crippen molar-refractivity contribution in [2.75, 3.05) is 36.9 Å². The Balaban J connectivity index is 2.86. The predicted molar refractivity (Wildman–Crippen MR) is 74.0 cm³/mol. The summed E-state index contributed by atoms with van der Waals surface area (Å²) < 4.78 is 5.51. The predicted octanol–water partition coefficient (Wildman–Crippen LogP) is 1.66. The quantitative estimate of drug-likeness (QED) is 0.737. The minimum Gasteiger partial charge on any atom is -0.476 e. The Labute approximate surface area is 109 Å². The summed E-state index contributed by atoms with van der Waals surface area (Å²) in [5.74, 6) is 1.28. The maximum Gasteiger partial charge on any atom is 0.239 e. The molecule has 0 atom stereocenters. The number of anilines is 2. The summed E-state index contributed by atoms with van der Waals surface area (Å²) in [5, 5.41) is 9.06. The van der Waals surface area contributed by atoms with E-state index >= 15 is 0 Å². The Morgan fingerprint density at radius 1 is 1.28 bits per heavy atom. The van der Waals surface area contributed by atoms with Gasteiger partial charge in [-0.25, -0.2) is 0 Å². The highest BCUT2D eigenvalue weighted by Gasteiger charge is 2.10. The molecule has 1 aromatic heterocycles. The molecule has 0 saturated heterocycles. The zero-order valence-corrected chi connectivity index (χ0v) is 11.2. The molecule has 102 valence electrons. The molecule has 0 saturated carbocycles. The molecule has 0 fully saturated rings. The number of rotatable bonds is 8. The van der Waals surface area contributed by atoms with Gasteiger partial charge in [0.1, 0.15) is 5.82 Å². The molecule has 0 spiro atoms. The number of nitrogen functional groups attached to an aromatic ring is 1. The number of hydrogen-bond acceptors (Lipinski definition) is 5. The molecule has 0 aliphatic heterocycles. The first-order chi connectivity index (χ1) is 8.72. The number of ether oxygens (including phenoxy) is 1. The van der Waals surface area contributed by atoms with Gasteiger partial charge in [-0.2, -0.15) is 4.98 Å². The van der Waals surface area contributed by atoms with E-state index in [9.17, 15) is 0 Å². The van der Waals surface area contributed by atoms with Crippen molar-refractivity contribution in [2.45, 2.75) is 26.7 Å². The third kappa shape index (κ3) is 4.07. The fourth-order valence-corrected chi connectivity index (χ4v) is 1.66. The molecule has 0 amide bonds. The Kier molecular flexibility index (Phi) is 6.28. The monoisotopic (exact) mass is 253 g/mol. The van der Waals surface area contributed by atoms with Gasteiger partial charge in [0.25, 0.3) is 0 Å². The van der Waals surface area contributed by atoms with E-state index in [1.54, 1.807) is 6.07 Å². The van der Waals surface area contributed by atoms with E-state index in [4.69, 9.17) is 15.6 Å². The lowest BCUT2D eigenvalue weighted by Crippen LogP contribution is -2.28. The molecule has 18 heavy (non-hydrogen) atoms. The van der Waals surface area contributed by atoms with Crippen molar-refractivity contribution in [3.63, 3.8) is 0 Å². The van der Waals surface area contributed by atoms with Crippen molar-refractivity contribution in [3.8, 4) is 5.88 Å². The Hall–Kier alpha value is -1.49. The normalized spacial score (nSPS) is 10.4. The number of aromatic nitrogens is 1. The first-order valence-electron chi connectivity index (χ1n) is 6.48. The molecule has 5 nitrogen and oxygen atoms in total. The summed E-state index contributed by atoms with van der Waals surface area (Å²) >= 11 is 0. The van der Waals surface area contributed by atoms with Gasteiger partial charge in [-0.1, -0.05) is 13.8 Å². The Morgan fingerprint density at radius 2 is 2.06 bits per heavy atom. The fourth-order valence-electron chi connectivity index (χ4n) is 1.66. The van der Waals surface area contributed by atoms with Crippen LogP contribution in [0, 0.1) is 0 Å². The van der Waals surface area contributed by atoms with Gasteiger partial charge in [-0.3, -0.25) is 0 Å². The van der Waals surface area contributed by atoms with E-state index in [2.05, 4.69) is 11.9 Å². The number of nitrogens with zero attached hydrogens (tertiary/aromatic N) is 2. The minimum absolute atomic E-state index is 0.108. The fraction of sp³-hybridized carbons (Fsp3) is 0.615. The first-order valence-corrected chi connectivity index (χ1v) is 6.48. The topological polar surface area (TPSA) is 71.6 Å². The summed E-state index contributed by atoms with van der Waals surface area (Å²) in [7, 11) is 0. The largest absolute Gasteiger partial charge is 0.476 e. The van der Waals surface area contributed by atoms with E-state index in [1.165, 1.54) is 0 Å². The number of aliphatic hydroxyl groups excluding tert-OH is 1. The van der Waals surface area contributed by atoms with Crippen molar-refractivity contribution in [3.05, 3.63) is 12.1 Å². The summed E-state index contributed by atoms with van der Waals surface area (Å²) in [5.41, 5.74) is 6.37. The standard InChI is InChI=1S/C13H23N3O2/c1-3-7-16(8-9-17)12-6-5-11(14)13(15-12)18-10-4-2/h5-6,17H,3-4,7-10,14H2,1-2H3. The molecule has 1 rings (SSSR count). The van der Waals surface area contributed by atoms with Crippen LogP contribution in [0.2, 0.25) is 0 Å². The van der Waals surface area contributed by atoms with Gasteiger partial charge in [0, 0.05) is 13.1 Å². The van der Waals surface area contributed by atoms with Gasteiger partial charge in [0.2, 0.25) is 5.88 Å². The van der Waals surface area contributed by atoms with E-state index in [0.717, 1.165) is 25.2 Å². The van der Waals surface area contributed by atoms with E-state index in [1.807, 2.05) is 17.9 Å². The molecule has 0 radical (unpaired) electrons. The second-order valence-electron chi connectivity index (χ2n) is 4.12. The zero-order chi connectivity index (χ0) is 13.4. The maximum atomic E-state index is 9.06. The van der Waals surface area contributed by atoms with Crippen LogP contribution in [0.25, 0.3) is 0 Å². The summed E-state index contributed by atoms with van der Waals surface area (Å²) in [6, 6.07) is 3.66. The van der Waals surface area contributed by atoms with Gasteiger partial charge in [0.15, 0.2) is 0 Å². The van der Waals surface area contributed by atoms with Crippen LogP contribution >= 0.6 is 0 Å². The van der Waals surface area contributed by atoms with Crippen LogP contribution in [-0.4, -0.2) is 36.4 Å². The lowest BCUT2D eigenvalue weighted by Gasteiger charge is -2.22. The molecule has 1 aromatic rings. The highest BCUT2D eigenvalue weighted by molar-refractivity contribution is 5.54. The molecular weight excluding hydrogens is 230 g/mol.